The van der Waals surface area contributed by atoms with Crippen LogP contribution in [-0.4, -0.2) is 7.11 Å². The van der Waals surface area contributed by atoms with Gasteiger partial charge in [-0.3, -0.25) is 0 Å². The summed E-state index contributed by atoms with van der Waals surface area (Å²) in [5.74, 6) is 1.12. The van der Waals surface area contributed by atoms with Crippen LogP contribution >= 0.6 is 0 Å². The maximum Gasteiger partial charge on any atom is 0.121 e. The molecule has 0 atom stereocenters. The third-order valence-electron chi connectivity index (χ3n) is 1.25. The highest BCUT2D eigenvalue weighted by atomic mass is 16.5. The highest BCUT2D eigenvalue weighted by Crippen LogP contribution is 2.12. The molecule has 0 aliphatic rings. The molecule has 0 radical (unpaired) electrons. The minimum absolute atomic E-state index is 0.322. The molecule has 0 rings (SSSR count). The zero-order chi connectivity index (χ0) is 8.15. The molecule has 0 bridgehead atoms. The van der Waals surface area contributed by atoms with Gasteiger partial charge in [-0.1, -0.05) is 20.4 Å². The molecule has 0 aromatic heterocycles. The number of hydrogen-bond acceptors (Lipinski definition) is 2. The summed E-state index contributed by atoms with van der Waals surface area (Å²) >= 11 is 0. The average molecular weight is 141 g/mol. The van der Waals surface area contributed by atoms with Gasteiger partial charge >= 0.3 is 0 Å². The molecule has 0 fully saturated rings. The maximum absolute atomic E-state index is 5.57. The van der Waals surface area contributed by atoms with Crippen molar-refractivity contribution in [2.45, 2.75) is 13.8 Å². The van der Waals surface area contributed by atoms with Gasteiger partial charge < -0.3 is 10.5 Å². The van der Waals surface area contributed by atoms with Crippen molar-refractivity contribution >= 4 is 0 Å². The average Bonchev–Trinajstić information content (AvgIpc) is 1.88. The van der Waals surface area contributed by atoms with Crippen LogP contribution in [0.2, 0.25) is 0 Å². The van der Waals surface area contributed by atoms with Crippen molar-refractivity contribution < 1.29 is 4.74 Å². The molecular formula is C8H15NO. The van der Waals surface area contributed by atoms with Gasteiger partial charge in [-0.15, -0.1) is 0 Å². The van der Waals surface area contributed by atoms with Crippen molar-refractivity contribution in [1.82, 2.24) is 0 Å². The summed E-state index contributed by atoms with van der Waals surface area (Å²) in [4.78, 5) is 0. The fourth-order valence-electron chi connectivity index (χ4n) is 0.787. The Kier molecular flexibility index (Phi) is 3.62. The van der Waals surface area contributed by atoms with E-state index in [9.17, 15) is 0 Å². The van der Waals surface area contributed by atoms with Crippen LogP contribution in [0.4, 0.5) is 0 Å². The highest BCUT2D eigenvalue weighted by Gasteiger charge is 2.04. The van der Waals surface area contributed by atoms with Gasteiger partial charge in [0, 0.05) is 5.92 Å². The predicted octanol–water partition coefficient (Wildman–Crippen LogP) is 1.65. The van der Waals surface area contributed by atoms with E-state index >= 15 is 0 Å². The lowest BCUT2D eigenvalue weighted by atomic mass is 10.1. The molecule has 0 aromatic carbocycles. The minimum Gasteiger partial charge on any atom is -0.499 e. The van der Waals surface area contributed by atoms with Gasteiger partial charge in [0.05, 0.1) is 12.8 Å². The Morgan fingerprint density at radius 3 is 2.20 bits per heavy atom. The topological polar surface area (TPSA) is 35.2 Å². The highest BCUT2D eigenvalue weighted by molar-refractivity contribution is 5.17. The molecule has 0 saturated carbocycles. The second kappa shape index (κ2) is 3.99. The number of ether oxygens (including phenoxy) is 1. The summed E-state index contributed by atoms with van der Waals surface area (Å²) in [6.45, 7) is 7.60. The van der Waals surface area contributed by atoms with Gasteiger partial charge in [-0.05, 0) is 6.08 Å². The number of rotatable bonds is 3. The largest absolute Gasteiger partial charge is 0.499 e. The number of hydrogen-bond donors (Lipinski definition) is 1. The van der Waals surface area contributed by atoms with Crippen molar-refractivity contribution in [3.63, 3.8) is 0 Å². The van der Waals surface area contributed by atoms with Crippen LogP contribution in [0.15, 0.2) is 24.1 Å². The summed E-state index contributed by atoms with van der Waals surface area (Å²) < 4.78 is 5.05. The van der Waals surface area contributed by atoms with E-state index in [4.69, 9.17) is 10.5 Å². The Bertz CT molecular complexity index is 147. The van der Waals surface area contributed by atoms with E-state index in [-0.39, 0.29) is 0 Å². The monoisotopic (exact) mass is 141 g/mol. The van der Waals surface area contributed by atoms with Crippen molar-refractivity contribution in [2.24, 2.45) is 11.7 Å². The third kappa shape index (κ3) is 2.13. The number of allylic oxidation sites excluding steroid dienone is 2. The lowest BCUT2D eigenvalue weighted by molar-refractivity contribution is 0.249. The quantitative estimate of drug-likeness (QED) is 0.479. The fraction of sp³-hybridized carbons (Fsp3) is 0.500. The lowest BCUT2D eigenvalue weighted by Crippen LogP contribution is -2.06. The van der Waals surface area contributed by atoms with Gasteiger partial charge in [0.1, 0.15) is 5.76 Å². The lowest BCUT2D eigenvalue weighted by Gasteiger charge is -2.10. The molecule has 0 aliphatic carbocycles. The summed E-state index contributed by atoms with van der Waals surface area (Å²) in [7, 11) is 1.62. The van der Waals surface area contributed by atoms with Crippen molar-refractivity contribution in [3.8, 4) is 0 Å². The Morgan fingerprint density at radius 1 is 1.60 bits per heavy atom. The molecule has 0 heterocycles. The molecule has 0 spiro atoms. The molecule has 2 nitrogen and oxygen atoms in total. The van der Waals surface area contributed by atoms with E-state index in [1.54, 1.807) is 13.2 Å². The van der Waals surface area contributed by atoms with Crippen molar-refractivity contribution in [2.75, 3.05) is 7.11 Å². The zero-order valence-electron chi connectivity index (χ0n) is 6.85. The summed E-state index contributed by atoms with van der Waals surface area (Å²) in [5, 5.41) is 0. The minimum atomic E-state index is 0.322. The first-order valence-corrected chi connectivity index (χ1v) is 3.29. The molecule has 2 N–H and O–H groups in total. The van der Waals surface area contributed by atoms with E-state index in [2.05, 4.69) is 6.58 Å². The van der Waals surface area contributed by atoms with E-state index in [0.717, 1.165) is 5.76 Å². The molecule has 2 heteroatoms. The normalized spacial score (nSPS) is 12.8. The molecular weight excluding hydrogens is 126 g/mol. The van der Waals surface area contributed by atoms with Crippen LogP contribution in [0.3, 0.4) is 0 Å². The summed E-state index contributed by atoms with van der Waals surface area (Å²) in [6, 6.07) is 0. The van der Waals surface area contributed by atoms with E-state index in [1.165, 1.54) is 0 Å². The molecule has 10 heavy (non-hydrogen) atoms. The first kappa shape index (κ1) is 9.08. The first-order valence-electron chi connectivity index (χ1n) is 3.29. The molecule has 0 saturated heterocycles. The Labute approximate surface area is 62.4 Å². The molecule has 0 amide bonds. The second-order valence-electron chi connectivity index (χ2n) is 2.38. The Morgan fingerprint density at radius 2 is 2.10 bits per heavy atom. The standard InChI is InChI=1S/C8H15NO/c1-5-7(9)8(10-4)6(2)3/h5-6H,1,9H2,2-4H3. The molecule has 0 aromatic rings. The fourth-order valence-corrected chi connectivity index (χ4v) is 0.787. The van der Waals surface area contributed by atoms with E-state index in [0.29, 0.717) is 11.6 Å². The van der Waals surface area contributed by atoms with Gasteiger partial charge in [0.15, 0.2) is 0 Å². The molecule has 0 unspecified atom stereocenters. The van der Waals surface area contributed by atoms with E-state index < -0.39 is 0 Å². The van der Waals surface area contributed by atoms with Crippen LogP contribution in [-0.2, 0) is 4.74 Å². The van der Waals surface area contributed by atoms with Crippen molar-refractivity contribution in [1.29, 1.82) is 0 Å². The Hall–Kier alpha value is -0.920. The molecule has 58 valence electrons. The van der Waals surface area contributed by atoms with Gasteiger partial charge in [-0.25, -0.2) is 0 Å². The van der Waals surface area contributed by atoms with E-state index in [1.807, 2.05) is 13.8 Å². The summed E-state index contributed by atoms with van der Waals surface area (Å²) in [5.41, 5.74) is 6.19. The second-order valence-corrected chi connectivity index (χ2v) is 2.38. The van der Waals surface area contributed by atoms with Crippen LogP contribution in [0.1, 0.15) is 13.8 Å². The first-order chi connectivity index (χ1) is 4.63. The van der Waals surface area contributed by atoms with Crippen LogP contribution < -0.4 is 5.73 Å². The van der Waals surface area contributed by atoms with Gasteiger partial charge in [0.25, 0.3) is 0 Å². The smallest absolute Gasteiger partial charge is 0.121 e. The number of nitrogens with two attached hydrogens (primary N) is 1. The number of methoxy groups -OCH3 is 1. The maximum atomic E-state index is 5.57. The van der Waals surface area contributed by atoms with Gasteiger partial charge in [-0.2, -0.15) is 0 Å². The SMILES string of the molecule is C=CC(N)=C(OC)C(C)C. The summed E-state index contributed by atoms with van der Waals surface area (Å²) in [6.07, 6.45) is 1.60. The third-order valence-corrected chi connectivity index (χ3v) is 1.25. The van der Waals surface area contributed by atoms with Gasteiger partial charge in [0.2, 0.25) is 0 Å². The molecule has 0 aliphatic heterocycles. The van der Waals surface area contributed by atoms with Crippen molar-refractivity contribution in [3.05, 3.63) is 24.1 Å². The van der Waals surface area contributed by atoms with Crippen LogP contribution in [0.5, 0.6) is 0 Å². The zero-order valence-corrected chi connectivity index (χ0v) is 6.85. The van der Waals surface area contributed by atoms with Crippen LogP contribution in [0.25, 0.3) is 0 Å². The Balaban J connectivity index is 4.45. The van der Waals surface area contributed by atoms with Crippen LogP contribution in [0, 0.1) is 5.92 Å². The predicted molar refractivity (Wildman–Crippen MR) is 43.3 cm³/mol.